The molecule has 0 spiro atoms. The minimum atomic E-state index is -0.688. The molecular formula is C26H26N2O5S. The largest absolute Gasteiger partial charge is 0.493 e. The van der Waals surface area contributed by atoms with Crippen LogP contribution in [0.25, 0.3) is 0 Å². The minimum Gasteiger partial charge on any atom is -0.493 e. The highest BCUT2D eigenvalue weighted by atomic mass is 32.2. The third kappa shape index (κ3) is 4.59. The highest BCUT2D eigenvalue weighted by molar-refractivity contribution is 8.15. The number of thioether (sulfide) groups is 1. The molecular weight excluding hydrogens is 452 g/mol. The van der Waals surface area contributed by atoms with E-state index in [1.807, 2.05) is 43.3 Å². The number of esters is 1. The summed E-state index contributed by atoms with van der Waals surface area (Å²) in [4.78, 5) is 32.2. The molecule has 0 saturated carbocycles. The fourth-order valence-corrected chi connectivity index (χ4v) is 4.93. The number of rotatable bonds is 8. The zero-order chi connectivity index (χ0) is 24.2. The van der Waals surface area contributed by atoms with Crippen molar-refractivity contribution in [3.8, 4) is 11.5 Å². The first-order valence-electron chi connectivity index (χ1n) is 10.9. The number of carbonyl (C=O) groups is 2. The van der Waals surface area contributed by atoms with Crippen molar-refractivity contribution in [3.05, 3.63) is 83.6 Å². The minimum absolute atomic E-state index is 0.0631. The van der Waals surface area contributed by atoms with Crippen LogP contribution in [0.3, 0.4) is 0 Å². The van der Waals surface area contributed by atoms with Gasteiger partial charge in [0, 0.05) is 0 Å². The van der Waals surface area contributed by atoms with E-state index in [1.165, 1.54) is 17.8 Å². The van der Waals surface area contributed by atoms with E-state index in [2.05, 4.69) is 11.6 Å². The number of hydrogen-bond donors (Lipinski definition) is 0. The molecule has 1 amide bonds. The van der Waals surface area contributed by atoms with Gasteiger partial charge < -0.3 is 14.2 Å². The number of benzene rings is 2. The predicted molar refractivity (Wildman–Crippen MR) is 132 cm³/mol. The van der Waals surface area contributed by atoms with Gasteiger partial charge in [0.05, 0.1) is 29.7 Å². The number of allylic oxidation sites excluding steroid dienone is 1. The molecule has 7 nitrogen and oxygen atoms in total. The van der Waals surface area contributed by atoms with Crippen molar-refractivity contribution >= 4 is 28.8 Å². The molecule has 0 aromatic heterocycles. The van der Waals surface area contributed by atoms with Crippen LogP contribution in [0.1, 0.15) is 31.0 Å². The quantitative estimate of drug-likeness (QED) is 0.406. The van der Waals surface area contributed by atoms with Gasteiger partial charge in [-0.15, -0.1) is 0 Å². The van der Waals surface area contributed by atoms with Crippen molar-refractivity contribution < 1.29 is 23.8 Å². The molecule has 2 atom stereocenters. The molecule has 0 bridgehead atoms. The topological polar surface area (TPSA) is 77.4 Å². The van der Waals surface area contributed by atoms with Crippen molar-refractivity contribution in [2.75, 3.05) is 13.7 Å². The fraction of sp³-hybridized carbons (Fsp3) is 0.269. The third-order valence-corrected chi connectivity index (χ3v) is 6.61. The number of ether oxygens (including phenoxy) is 3. The van der Waals surface area contributed by atoms with Gasteiger partial charge in [0.25, 0.3) is 0 Å². The van der Waals surface area contributed by atoms with Gasteiger partial charge in [-0.25, -0.2) is 9.79 Å². The monoisotopic (exact) mass is 478 g/mol. The second kappa shape index (κ2) is 10.2. The van der Waals surface area contributed by atoms with Gasteiger partial charge in [0.1, 0.15) is 13.2 Å². The molecule has 2 unspecified atom stereocenters. The molecule has 2 aliphatic rings. The molecule has 0 radical (unpaired) electrons. The van der Waals surface area contributed by atoms with Crippen LogP contribution >= 0.6 is 11.8 Å². The second-order valence-electron chi connectivity index (χ2n) is 7.84. The van der Waals surface area contributed by atoms with Crippen LogP contribution in [-0.4, -0.2) is 40.9 Å². The summed E-state index contributed by atoms with van der Waals surface area (Å²) in [6.45, 7) is 7.63. The maximum absolute atomic E-state index is 13.1. The number of methoxy groups -OCH3 is 1. The molecule has 4 rings (SSSR count). The molecule has 0 aliphatic carbocycles. The lowest BCUT2D eigenvalue weighted by molar-refractivity contribution is -0.139. The molecule has 2 aromatic rings. The molecule has 1 fully saturated rings. The van der Waals surface area contributed by atoms with E-state index >= 15 is 0 Å². The highest BCUT2D eigenvalue weighted by Crippen LogP contribution is 2.44. The summed E-state index contributed by atoms with van der Waals surface area (Å²) in [5.74, 6) is 0.414. The SMILES string of the molecule is C=CCOC(=O)C1=C(C)N=C2SC(C)C(=O)N2C1c1ccc(OCc2ccccc2)c(OC)c1. The number of hydrogen-bond acceptors (Lipinski definition) is 7. The van der Waals surface area contributed by atoms with E-state index in [9.17, 15) is 9.59 Å². The Morgan fingerprint density at radius 3 is 2.68 bits per heavy atom. The maximum atomic E-state index is 13.1. The van der Waals surface area contributed by atoms with Gasteiger partial charge in [-0.05, 0) is 37.1 Å². The Morgan fingerprint density at radius 2 is 1.97 bits per heavy atom. The molecule has 1 saturated heterocycles. The number of nitrogens with zero attached hydrogens (tertiary/aromatic N) is 2. The van der Waals surface area contributed by atoms with E-state index in [1.54, 1.807) is 31.1 Å². The zero-order valence-corrected chi connectivity index (χ0v) is 20.1. The first kappa shape index (κ1) is 23.6. The van der Waals surface area contributed by atoms with Crippen molar-refractivity contribution in [1.29, 1.82) is 0 Å². The van der Waals surface area contributed by atoms with Gasteiger partial charge in [-0.1, -0.05) is 60.8 Å². The number of amidine groups is 1. The van der Waals surface area contributed by atoms with Crippen molar-refractivity contribution in [2.24, 2.45) is 4.99 Å². The normalized spacial score (nSPS) is 19.4. The Hall–Kier alpha value is -3.52. The van der Waals surface area contributed by atoms with Gasteiger partial charge >= 0.3 is 5.97 Å². The summed E-state index contributed by atoms with van der Waals surface area (Å²) in [5.41, 5.74) is 2.56. The summed E-state index contributed by atoms with van der Waals surface area (Å²) in [5, 5.41) is 0.275. The van der Waals surface area contributed by atoms with Crippen LogP contribution in [0.5, 0.6) is 11.5 Å². The van der Waals surface area contributed by atoms with E-state index in [0.717, 1.165) is 5.56 Å². The zero-order valence-electron chi connectivity index (χ0n) is 19.3. The summed E-state index contributed by atoms with van der Waals surface area (Å²) in [6.07, 6.45) is 1.50. The van der Waals surface area contributed by atoms with E-state index in [0.29, 0.717) is 40.1 Å². The van der Waals surface area contributed by atoms with E-state index in [4.69, 9.17) is 14.2 Å². The summed E-state index contributed by atoms with van der Waals surface area (Å²) in [6, 6.07) is 14.6. The summed E-state index contributed by atoms with van der Waals surface area (Å²) >= 11 is 1.38. The van der Waals surface area contributed by atoms with Crippen LogP contribution in [0.4, 0.5) is 0 Å². The van der Waals surface area contributed by atoms with E-state index in [-0.39, 0.29) is 17.8 Å². The molecule has 176 valence electrons. The smallest absolute Gasteiger partial charge is 0.338 e. The molecule has 0 N–H and O–H groups in total. The van der Waals surface area contributed by atoms with Crippen LogP contribution in [0.15, 0.2) is 77.4 Å². The Labute approximate surface area is 203 Å². The van der Waals surface area contributed by atoms with Gasteiger partial charge in [0.15, 0.2) is 16.7 Å². The molecule has 2 heterocycles. The number of fused-ring (bicyclic) bond motifs is 1. The van der Waals surface area contributed by atoms with Crippen LogP contribution in [0.2, 0.25) is 0 Å². The fourth-order valence-electron chi connectivity index (χ4n) is 3.90. The molecule has 2 aliphatic heterocycles. The lowest BCUT2D eigenvalue weighted by Gasteiger charge is -2.33. The van der Waals surface area contributed by atoms with Crippen molar-refractivity contribution in [2.45, 2.75) is 31.7 Å². The number of carbonyl (C=O) groups excluding carboxylic acids is 2. The average molecular weight is 479 g/mol. The number of aliphatic imine (C=N–C) groups is 1. The van der Waals surface area contributed by atoms with Crippen molar-refractivity contribution in [1.82, 2.24) is 4.90 Å². The molecule has 2 aromatic carbocycles. The molecule has 34 heavy (non-hydrogen) atoms. The first-order chi connectivity index (χ1) is 16.4. The van der Waals surface area contributed by atoms with Crippen LogP contribution < -0.4 is 9.47 Å². The first-order valence-corrected chi connectivity index (χ1v) is 11.7. The lowest BCUT2D eigenvalue weighted by Crippen LogP contribution is -2.40. The van der Waals surface area contributed by atoms with Gasteiger partial charge in [-0.2, -0.15) is 0 Å². The summed E-state index contributed by atoms with van der Waals surface area (Å²) in [7, 11) is 1.56. The Bertz CT molecular complexity index is 1170. The Kier molecular flexibility index (Phi) is 7.07. The van der Waals surface area contributed by atoms with Gasteiger partial charge in [0.2, 0.25) is 5.91 Å². The van der Waals surface area contributed by atoms with Gasteiger partial charge in [-0.3, -0.25) is 9.69 Å². The molecule has 8 heteroatoms. The number of amides is 1. The third-order valence-electron chi connectivity index (χ3n) is 5.55. The standard InChI is InChI=1S/C26H26N2O5S/c1-5-13-32-25(30)22-16(2)27-26-28(24(29)17(3)34-26)23(22)19-11-12-20(21(14-19)31-4)33-15-18-9-7-6-8-10-18/h5-12,14,17,23H,1,13,15H2,2-4H3. The van der Waals surface area contributed by atoms with Crippen LogP contribution in [-0.2, 0) is 20.9 Å². The lowest BCUT2D eigenvalue weighted by atomic mass is 9.94. The van der Waals surface area contributed by atoms with Crippen molar-refractivity contribution in [3.63, 3.8) is 0 Å². The average Bonchev–Trinajstić information content (AvgIpc) is 3.13. The van der Waals surface area contributed by atoms with E-state index < -0.39 is 12.0 Å². The predicted octanol–water partition coefficient (Wildman–Crippen LogP) is 4.65. The Morgan fingerprint density at radius 1 is 1.21 bits per heavy atom. The van der Waals surface area contributed by atoms with Crippen LogP contribution in [0, 0.1) is 0 Å². The second-order valence-corrected chi connectivity index (χ2v) is 9.14. The Balaban J connectivity index is 1.71. The maximum Gasteiger partial charge on any atom is 0.338 e. The summed E-state index contributed by atoms with van der Waals surface area (Å²) < 4.78 is 16.9. The highest BCUT2D eigenvalue weighted by Gasteiger charge is 2.46.